The monoisotopic (exact) mass is 592 g/mol. The zero-order valence-corrected chi connectivity index (χ0v) is 24.7. The standard InChI is InChI=1S/C29H44N4O7S/c1-29(11-12-29)41(38,39)32-26(35)22-17-18(22)8-5-3-2-4-6-9-23(27(36)33-13-7-10-24(33)25(30)34)31-28(37)40-21-15-19-14-20(19)16-21/h5,8,18-24H,2-4,6-7,9-17H2,1H3,(H2,30,34)(H,31,37)(H,32,35)/b8-5-/t18-,19-,20+,21+,22+,23+,24+/m1/s1. The van der Waals surface area contributed by atoms with Crippen LogP contribution in [-0.4, -0.2) is 66.6 Å². The number of nitrogens with one attached hydrogen (secondary N) is 2. The van der Waals surface area contributed by atoms with E-state index in [2.05, 4.69) is 10.0 Å². The van der Waals surface area contributed by atoms with E-state index in [1.165, 1.54) is 11.3 Å². The number of carbonyl (C=O) groups excluding carboxylic acids is 4. The topological polar surface area (TPSA) is 165 Å². The molecule has 0 aromatic rings. The molecule has 4 aliphatic carbocycles. The van der Waals surface area contributed by atoms with Crippen molar-refractivity contribution >= 4 is 33.8 Å². The molecule has 5 aliphatic rings. The van der Waals surface area contributed by atoms with Gasteiger partial charge < -0.3 is 20.7 Å². The minimum atomic E-state index is -3.60. The van der Waals surface area contributed by atoms with Gasteiger partial charge in [-0.15, -0.1) is 0 Å². The second-order valence-electron chi connectivity index (χ2n) is 13.0. The van der Waals surface area contributed by atoms with Crippen LogP contribution in [0, 0.1) is 23.7 Å². The second-order valence-corrected chi connectivity index (χ2v) is 15.2. The normalized spacial score (nSPS) is 31.8. The number of rotatable bonds is 14. The van der Waals surface area contributed by atoms with Crippen LogP contribution in [0.15, 0.2) is 12.2 Å². The van der Waals surface area contributed by atoms with Gasteiger partial charge in [-0.25, -0.2) is 13.2 Å². The molecular weight excluding hydrogens is 548 g/mol. The van der Waals surface area contributed by atoms with Crippen molar-refractivity contribution in [3.8, 4) is 0 Å². The average Bonchev–Trinajstić information content (AvgIpc) is 3.87. The third kappa shape index (κ3) is 7.24. The van der Waals surface area contributed by atoms with Gasteiger partial charge in [-0.1, -0.05) is 25.0 Å². The van der Waals surface area contributed by atoms with E-state index in [1.54, 1.807) is 6.92 Å². The first kappa shape index (κ1) is 29.8. The highest BCUT2D eigenvalue weighted by atomic mass is 32.2. The fourth-order valence-corrected chi connectivity index (χ4v) is 7.73. The lowest BCUT2D eigenvalue weighted by Crippen LogP contribution is -2.53. The molecule has 11 nitrogen and oxygen atoms in total. The molecule has 4 saturated carbocycles. The molecule has 1 saturated heterocycles. The smallest absolute Gasteiger partial charge is 0.408 e. The number of likely N-dealkylation sites (tertiary alicyclic amines) is 1. The van der Waals surface area contributed by atoms with Crippen LogP contribution in [0.3, 0.4) is 0 Å². The Labute approximate surface area is 242 Å². The number of ether oxygens (including phenoxy) is 1. The molecular formula is C29H44N4O7S. The molecule has 0 bridgehead atoms. The number of amides is 4. The Morgan fingerprint density at radius 3 is 2.49 bits per heavy atom. The van der Waals surface area contributed by atoms with Crippen molar-refractivity contribution in [2.75, 3.05) is 6.54 Å². The largest absolute Gasteiger partial charge is 0.446 e. The minimum Gasteiger partial charge on any atom is -0.446 e. The molecule has 0 aromatic heterocycles. The second kappa shape index (κ2) is 11.9. The van der Waals surface area contributed by atoms with Crippen LogP contribution in [-0.2, 0) is 29.1 Å². The summed E-state index contributed by atoms with van der Waals surface area (Å²) in [5.74, 6) is -0.0811. The number of unbranched alkanes of at least 4 members (excludes halogenated alkanes) is 3. The van der Waals surface area contributed by atoms with Crippen LogP contribution >= 0.6 is 0 Å². The molecule has 41 heavy (non-hydrogen) atoms. The predicted molar refractivity (Wildman–Crippen MR) is 150 cm³/mol. The summed E-state index contributed by atoms with van der Waals surface area (Å²) in [5, 5.41) is 2.78. The molecule has 1 heterocycles. The fourth-order valence-electron chi connectivity index (χ4n) is 6.43. The summed E-state index contributed by atoms with van der Waals surface area (Å²) in [5.41, 5.74) is 5.52. The van der Waals surface area contributed by atoms with Crippen LogP contribution in [0.4, 0.5) is 4.79 Å². The maximum Gasteiger partial charge on any atom is 0.408 e. The summed E-state index contributed by atoms with van der Waals surface area (Å²) in [6.45, 7) is 2.11. The lowest BCUT2D eigenvalue weighted by Gasteiger charge is -2.28. The maximum absolute atomic E-state index is 13.3. The van der Waals surface area contributed by atoms with Crippen molar-refractivity contribution < 1.29 is 32.3 Å². The van der Waals surface area contributed by atoms with Gasteiger partial charge in [0, 0.05) is 12.5 Å². The van der Waals surface area contributed by atoms with Crippen molar-refractivity contribution in [2.45, 2.75) is 113 Å². The lowest BCUT2D eigenvalue weighted by atomic mass is 10.0. The highest BCUT2D eigenvalue weighted by Crippen LogP contribution is 2.52. The van der Waals surface area contributed by atoms with Gasteiger partial charge in [-0.05, 0) is 95.3 Å². The average molecular weight is 593 g/mol. The van der Waals surface area contributed by atoms with Crippen LogP contribution in [0.2, 0.25) is 0 Å². The number of allylic oxidation sites excluding steroid dienone is 2. The van der Waals surface area contributed by atoms with E-state index in [4.69, 9.17) is 10.5 Å². The number of hydrogen-bond acceptors (Lipinski definition) is 7. The Morgan fingerprint density at radius 1 is 1.07 bits per heavy atom. The van der Waals surface area contributed by atoms with Gasteiger partial charge in [-0.2, -0.15) is 0 Å². The molecule has 4 N–H and O–H groups in total. The first-order valence-corrected chi connectivity index (χ1v) is 16.8. The molecule has 228 valence electrons. The third-order valence-corrected chi connectivity index (χ3v) is 11.9. The van der Waals surface area contributed by atoms with Gasteiger partial charge in [-0.3, -0.25) is 19.1 Å². The van der Waals surface area contributed by atoms with Crippen molar-refractivity contribution in [3.63, 3.8) is 0 Å². The van der Waals surface area contributed by atoms with Gasteiger partial charge in [0.2, 0.25) is 27.7 Å². The maximum atomic E-state index is 13.3. The number of carbonyl (C=O) groups is 4. The van der Waals surface area contributed by atoms with Crippen LogP contribution in [0.25, 0.3) is 0 Å². The third-order valence-electron chi connectivity index (χ3n) is 9.69. The van der Waals surface area contributed by atoms with Crippen LogP contribution in [0.1, 0.15) is 90.4 Å². The van der Waals surface area contributed by atoms with E-state index in [9.17, 15) is 27.6 Å². The van der Waals surface area contributed by atoms with E-state index < -0.39 is 44.8 Å². The van der Waals surface area contributed by atoms with Crippen LogP contribution in [0.5, 0.6) is 0 Å². The van der Waals surface area contributed by atoms with E-state index in [-0.39, 0.29) is 23.8 Å². The van der Waals surface area contributed by atoms with Gasteiger partial charge in [0.05, 0.1) is 4.75 Å². The van der Waals surface area contributed by atoms with Crippen molar-refractivity contribution in [2.24, 2.45) is 29.4 Å². The highest BCUT2D eigenvalue weighted by Gasteiger charge is 2.52. The summed E-state index contributed by atoms with van der Waals surface area (Å²) < 4.78 is 31.6. The zero-order chi connectivity index (χ0) is 29.4. The van der Waals surface area contributed by atoms with E-state index >= 15 is 0 Å². The van der Waals surface area contributed by atoms with E-state index in [1.807, 2.05) is 12.2 Å². The molecule has 1 aliphatic heterocycles. The van der Waals surface area contributed by atoms with Crippen molar-refractivity contribution in [3.05, 3.63) is 12.2 Å². The summed E-state index contributed by atoms with van der Waals surface area (Å²) in [4.78, 5) is 51.7. The highest BCUT2D eigenvalue weighted by molar-refractivity contribution is 7.91. The number of hydrogen-bond donors (Lipinski definition) is 3. The minimum absolute atomic E-state index is 0.0684. The molecule has 0 unspecified atom stereocenters. The number of alkyl carbamates (subject to hydrolysis) is 1. The van der Waals surface area contributed by atoms with Gasteiger partial charge in [0.1, 0.15) is 18.2 Å². The molecule has 0 aromatic carbocycles. The van der Waals surface area contributed by atoms with E-state index in [0.717, 1.165) is 32.1 Å². The van der Waals surface area contributed by atoms with Crippen molar-refractivity contribution in [1.82, 2.24) is 14.9 Å². The van der Waals surface area contributed by atoms with Gasteiger partial charge in [0.15, 0.2) is 0 Å². The summed E-state index contributed by atoms with van der Waals surface area (Å²) in [6, 6.07) is -1.41. The number of nitrogens with zero attached hydrogens (tertiary/aromatic N) is 1. The molecule has 0 radical (unpaired) electrons. The Kier molecular flexibility index (Phi) is 8.69. The Balaban J connectivity index is 1.03. The quantitative estimate of drug-likeness (QED) is 0.206. The molecule has 7 atom stereocenters. The molecule has 4 amide bonds. The Bertz CT molecular complexity index is 1170. The zero-order valence-electron chi connectivity index (χ0n) is 23.9. The number of nitrogens with two attached hydrogens (primary N) is 1. The first-order valence-electron chi connectivity index (χ1n) is 15.3. The van der Waals surface area contributed by atoms with Gasteiger partial charge in [0.25, 0.3) is 0 Å². The first-order chi connectivity index (χ1) is 19.5. The fraction of sp³-hybridized carbons (Fsp3) is 0.793. The van der Waals surface area contributed by atoms with Gasteiger partial charge >= 0.3 is 6.09 Å². The Hall–Kier alpha value is -2.63. The van der Waals surface area contributed by atoms with E-state index in [0.29, 0.717) is 63.3 Å². The lowest BCUT2D eigenvalue weighted by molar-refractivity contribution is -0.139. The molecule has 5 rings (SSSR count). The number of primary amides is 1. The summed E-state index contributed by atoms with van der Waals surface area (Å²) >= 11 is 0. The molecule has 12 heteroatoms. The number of fused-ring (bicyclic) bond motifs is 1. The van der Waals surface area contributed by atoms with Crippen LogP contribution < -0.4 is 15.8 Å². The summed E-state index contributed by atoms with van der Waals surface area (Å²) in [7, 11) is -3.60. The van der Waals surface area contributed by atoms with Crippen molar-refractivity contribution in [1.29, 1.82) is 0 Å². The number of sulfonamides is 1. The Morgan fingerprint density at radius 2 is 1.80 bits per heavy atom. The molecule has 5 fully saturated rings. The molecule has 0 spiro atoms. The predicted octanol–water partition coefficient (Wildman–Crippen LogP) is 2.50. The SMILES string of the molecule is CC1(S(=O)(=O)NC(=O)[C@H]2C[C@H]2/C=C\CCCCC[C@H](NC(=O)O[C@@H]2C[C@@H]3C[C@@H]3C2)C(=O)N2CCC[C@H]2C(N)=O)CC1. The summed E-state index contributed by atoms with van der Waals surface area (Å²) in [6.07, 6.45) is 13.1.